The zero-order chi connectivity index (χ0) is 14.8. The number of fused-ring (bicyclic) bond motifs is 1. The Morgan fingerprint density at radius 3 is 2.81 bits per heavy atom. The quantitative estimate of drug-likeness (QED) is 0.934. The molecule has 0 saturated heterocycles. The SMILES string of the molecule is CNC(c1ccc2c(c1)CCO2)c1cc(C)ccc1OC. The number of rotatable bonds is 4. The van der Waals surface area contributed by atoms with E-state index < -0.39 is 0 Å². The number of aryl methyl sites for hydroxylation is 1. The molecule has 1 aliphatic heterocycles. The highest BCUT2D eigenvalue weighted by atomic mass is 16.5. The van der Waals surface area contributed by atoms with Crippen LogP contribution in [0.2, 0.25) is 0 Å². The minimum absolute atomic E-state index is 0.116. The summed E-state index contributed by atoms with van der Waals surface area (Å²) < 4.78 is 11.1. The summed E-state index contributed by atoms with van der Waals surface area (Å²) in [4.78, 5) is 0. The number of hydrogen-bond donors (Lipinski definition) is 1. The molecule has 21 heavy (non-hydrogen) atoms. The molecule has 1 aliphatic rings. The van der Waals surface area contributed by atoms with E-state index in [1.807, 2.05) is 13.1 Å². The Labute approximate surface area is 125 Å². The fourth-order valence-electron chi connectivity index (χ4n) is 2.97. The normalized spacial score (nSPS) is 14.4. The Bertz CT molecular complexity index is 652. The molecular formula is C18H21NO2. The standard InChI is InChI=1S/C18H21NO2/c1-12-4-6-17(20-3)15(10-12)18(19-2)14-5-7-16-13(11-14)8-9-21-16/h4-7,10-11,18-19H,8-9H2,1-3H3. The van der Waals surface area contributed by atoms with Gasteiger partial charge in [-0.1, -0.05) is 29.8 Å². The summed E-state index contributed by atoms with van der Waals surface area (Å²) in [5.41, 5.74) is 4.93. The first-order chi connectivity index (χ1) is 10.2. The number of nitrogens with one attached hydrogen (secondary N) is 1. The average Bonchev–Trinajstić information content (AvgIpc) is 2.96. The second-order valence-corrected chi connectivity index (χ2v) is 5.43. The average molecular weight is 283 g/mol. The Morgan fingerprint density at radius 1 is 1.19 bits per heavy atom. The van der Waals surface area contributed by atoms with Gasteiger partial charge in [-0.25, -0.2) is 0 Å². The van der Waals surface area contributed by atoms with Gasteiger partial charge in [0.05, 0.1) is 19.8 Å². The number of methoxy groups -OCH3 is 1. The lowest BCUT2D eigenvalue weighted by Gasteiger charge is -2.21. The largest absolute Gasteiger partial charge is 0.496 e. The van der Waals surface area contributed by atoms with E-state index in [9.17, 15) is 0 Å². The van der Waals surface area contributed by atoms with Gasteiger partial charge in [0, 0.05) is 12.0 Å². The monoisotopic (exact) mass is 283 g/mol. The topological polar surface area (TPSA) is 30.5 Å². The Kier molecular flexibility index (Phi) is 3.84. The molecule has 0 bridgehead atoms. The van der Waals surface area contributed by atoms with Crippen molar-refractivity contribution in [1.29, 1.82) is 0 Å². The summed E-state index contributed by atoms with van der Waals surface area (Å²) in [7, 11) is 3.70. The molecule has 110 valence electrons. The minimum atomic E-state index is 0.116. The second-order valence-electron chi connectivity index (χ2n) is 5.43. The van der Waals surface area contributed by atoms with Gasteiger partial charge in [0.15, 0.2) is 0 Å². The molecule has 1 atom stereocenters. The predicted octanol–water partition coefficient (Wildman–Crippen LogP) is 3.25. The van der Waals surface area contributed by atoms with Crippen LogP contribution in [0, 0.1) is 6.92 Å². The van der Waals surface area contributed by atoms with E-state index in [1.165, 1.54) is 22.3 Å². The van der Waals surface area contributed by atoms with Gasteiger partial charge in [-0.15, -0.1) is 0 Å². The van der Waals surface area contributed by atoms with Crippen LogP contribution >= 0.6 is 0 Å². The molecule has 0 aromatic heterocycles. The van der Waals surface area contributed by atoms with Gasteiger partial charge in [0.25, 0.3) is 0 Å². The summed E-state index contributed by atoms with van der Waals surface area (Å²) in [6, 6.07) is 12.9. The molecule has 0 saturated carbocycles. The molecule has 2 aromatic carbocycles. The van der Waals surface area contributed by atoms with Crippen LogP contribution in [-0.4, -0.2) is 20.8 Å². The fourth-order valence-corrected chi connectivity index (χ4v) is 2.97. The summed E-state index contributed by atoms with van der Waals surface area (Å²) >= 11 is 0. The van der Waals surface area contributed by atoms with Crippen molar-refractivity contribution in [3.05, 3.63) is 58.7 Å². The fraction of sp³-hybridized carbons (Fsp3) is 0.333. The lowest BCUT2D eigenvalue weighted by Crippen LogP contribution is -2.18. The molecule has 1 heterocycles. The van der Waals surface area contributed by atoms with Crippen LogP contribution in [0.3, 0.4) is 0 Å². The van der Waals surface area contributed by atoms with E-state index in [4.69, 9.17) is 9.47 Å². The van der Waals surface area contributed by atoms with E-state index in [2.05, 4.69) is 42.6 Å². The summed E-state index contributed by atoms with van der Waals surface area (Å²) in [5.74, 6) is 1.93. The highest BCUT2D eigenvalue weighted by molar-refractivity contribution is 5.47. The van der Waals surface area contributed by atoms with Gasteiger partial charge in [0.2, 0.25) is 0 Å². The third kappa shape index (κ3) is 2.61. The maximum absolute atomic E-state index is 5.59. The maximum Gasteiger partial charge on any atom is 0.123 e. The first-order valence-electron chi connectivity index (χ1n) is 7.30. The van der Waals surface area contributed by atoms with Crippen molar-refractivity contribution in [2.24, 2.45) is 0 Å². The molecule has 3 heteroatoms. The highest BCUT2D eigenvalue weighted by Gasteiger charge is 2.20. The van der Waals surface area contributed by atoms with Crippen molar-refractivity contribution in [2.45, 2.75) is 19.4 Å². The lowest BCUT2D eigenvalue weighted by molar-refractivity contribution is 0.357. The Morgan fingerprint density at radius 2 is 2.05 bits per heavy atom. The third-order valence-electron chi connectivity index (χ3n) is 4.03. The van der Waals surface area contributed by atoms with E-state index in [-0.39, 0.29) is 6.04 Å². The maximum atomic E-state index is 5.59. The molecule has 1 unspecified atom stereocenters. The van der Waals surface area contributed by atoms with E-state index in [0.29, 0.717) is 0 Å². The summed E-state index contributed by atoms with van der Waals surface area (Å²) in [6.45, 7) is 2.89. The van der Waals surface area contributed by atoms with Crippen molar-refractivity contribution < 1.29 is 9.47 Å². The molecule has 0 aliphatic carbocycles. The molecule has 2 aromatic rings. The Balaban J connectivity index is 2.04. The van der Waals surface area contributed by atoms with Gasteiger partial charge in [-0.3, -0.25) is 0 Å². The van der Waals surface area contributed by atoms with Crippen LogP contribution in [0.1, 0.15) is 28.3 Å². The third-order valence-corrected chi connectivity index (χ3v) is 4.03. The molecule has 0 amide bonds. The molecule has 3 rings (SSSR count). The van der Waals surface area contributed by atoms with Gasteiger partial charge < -0.3 is 14.8 Å². The first kappa shape index (κ1) is 14.0. The van der Waals surface area contributed by atoms with Crippen LogP contribution < -0.4 is 14.8 Å². The van der Waals surface area contributed by atoms with Crippen molar-refractivity contribution in [3.8, 4) is 11.5 Å². The van der Waals surface area contributed by atoms with E-state index >= 15 is 0 Å². The zero-order valence-electron chi connectivity index (χ0n) is 12.8. The highest BCUT2D eigenvalue weighted by Crippen LogP contribution is 2.34. The van der Waals surface area contributed by atoms with Crippen LogP contribution in [0.5, 0.6) is 11.5 Å². The van der Waals surface area contributed by atoms with E-state index in [0.717, 1.165) is 24.5 Å². The van der Waals surface area contributed by atoms with Crippen LogP contribution in [0.25, 0.3) is 0 Å². The smallest absolute Gasteiger partial charge is 0.123 e. The van der Waals surface area contributed by atoms with Gasteiger partial charge in [-0.05, 0) is 37.2 Å². The Hall–Kier alpha value is -2.00. The minimum Gasteiger partial charge on any atom is -0.496 e. The molecule has 3 nitrogen and oxygen atoms in total. The van der Waals surface area contributed by atoms with Crippen molar-refractivity contribution in [1.82, 2.24) is 5.32 Å². The number of benzene rings is 2. The summed E-state index contributed by atoms with van der Waals surface area (Å²) in [5, 5.41) is 3.41. The van der Waals surface area contributed by atoms with Crippen LogP contribution in [-0.2, 0) is 6.42 Å². The molecule has 0 fully saturated rings. The molecular weight excluding hydrogens is 262 g/mol. The summed E-state index contributed by atoms with van der Waals surface area (Å²) in [6.07, 6.45) is 0.991. The second kappa shape index (κ2) is 5.78. The number of ether oxygens (including phenoxy) is 2. The van der Waals surface area contributed by atoms with Gasteiger partial charge >= 0.3 is 0 Å². The van der Waals surface area contributed by atoms with Gasteiger partial charge in [-0.2, -0.15) is 0 Å². The molecule has 0 spiro atoms. The molecule has 0 radical (unpaired) electrons. The number of hydrogen-bond acceptors (Lipinski definition) is 3. The predicted molar refractivity (Wildman–Crippen MR) is 84.3 cm³/mol. The van der Waals surface area contributed by atoms with Crippen LogP contribution in [0.15, 0.2) is 36.4 Å². The van der Waals surface area contributed by atoms with Gasteiger partial charge in [0.1, 0.15) is 11.5 Å². The van der Waals surface area contributed by atoms with E-state index in [1.54, 1.807) is 7.11 Å². The van der Waals surface area contributed by atoms with Crippen molar-refractivity contribution in [2.75, 3.05) is 20.8 Å². The van der Waals surface area contributed by atoms with Crippen molar-refractivity contribution >= 4 is 0 Å². The van der Waals surface area contributed by atoms with Crippen molar-refractivity contribution in [3.63, 3.8) is 0 Å². The zero-order valence-corrected chi connectivity index (χ0v) is 12.8. The van der Waals surface area contributed by atoms with Crippen LogP contribution in [0.4, 0.5) is 0 Å². The first-order valence-corrected chi connectivity index (χ1v) is 7.30. The lowest BCUT2D eigenvalue weighted by atomic mass is 9.94. The molecule has 1 N–H and O–H groups in total.